The van der Waals surface area contributed by atoms with Gasteiger partial charge in [-0.3, -0.25) is 14.2 Å². The van der Waals surface area contributed by atoms with Crippen LogP contribution in [0.2, 0.25) is 0 Å². The predicted octanol–water partition coefficient (Wildman–Crippen LogP) is 4.23. The molecule has 0 radical (unpaired) electrons. The number of rotatable bonds is 4. The van der Waals surface area contributed by atoms with Crippen LogP contribution in [0.15, 0.2) is 68.0 Å². The minimum Gasteiger partial charge on any atom is -0.324 e. The first-order chi connectivity index (χ1) is 14.4. The molecule has 2 aromatic heterocycles. The summed E-state index contributed by atoms with van der Waals surface area (Å²) in [7, 11) is 0. The quantitative estimate of drug-likeness (QED) is 0.471. The van der Waals surface area contributed by atoms with Crippen molar-refractivity contribution >= 4 is 49.1 Å². The Morgan fingerprint density at radius 1 is 1.10 bits per heavy atom. The maximum absolute atomic E-state index is 13.3. The lowest BCUT2D eigenvalue weighted by Gasteiger charge is -2.14. The van der Waals surface area contributed by atoms with Crippen LogP contribution in [0.5, 0.6) is 0 Å². The zero-order chi connectivity index (χ0) is 21.4. The first-order valence-corrected chi connectivity index (χ1v) is 10.9. The molecule has 0 spiro atoms. The Labute approximate surface area is 184 Å². The molecule has 6 nitrogen and oxygen atoms in total. The summed E-state index contributed by atoms with van der Waals surface area (Å²) in [5.41, 5.74) is 2.52. The third-order valence-electron chi connectivity index (χ3n) is 4.80. The van der Waals surface area contributed by atoms with E-state index in [4.69, 9.17) is 0 Å². The highest BCUT2D eigenvalue weighted by atomic mass is 79.9. The van der Waals surface area contributed by atoms with Gasteiger partial charge in [-0.2, -0.15) is 0 Å². The van der Waals surface area contributed by atoms with E-state index in [9.17, 15) is 14.4 Å². The summed E-state index contributed by atoms with van der Waals surface area (Å²) in [6.07, 6.45) is 0. The molecule has 0 bridgehead atoms. The van der Waals surface area contributed by atoms with Gasteiger partial charge in [0.15, 0.2) is 0 Å². The van der Waals surface area contributed by atoms with E-state index >= 15 is 0 Å². The Morgan fingerprint density at radius 3 is 2.60 bits per heavy atom. The minimum absolute atomic E-state index is 0.210. The van der Waals surface area contributed by atoms with Crippen molar-refractivity contribution in [3.63, 3.8) is 0 Å². The molecule has 1 amide bonds. The normalized spacial score (nSPS) is 11.0. The number of aryl methyl sites for hydroxylation is 2. The van der Waals surface area contributed by atoms with Crippen molar-refractivity contribution in [1.82, 2.24) is 9.13 Å². The van der Waals surface area contributed by atoms with Crippen molar-refractivity contribution in [3.05, 3.63) is 90.3 Å². The van der Waals surface area contributed by atoms with Gasteiger partial charge in [-0.25, -0.2) is 9.36 Å². The molecule has 0 unspecified atom stereocenters. The number of para-hydroxylation sites is 1. The number of aromatic nitrogens is 2. The fourth-order valence-electron chi connectivity index (χ4n) is 3.40. The molecule has 30 heavy (non-hydrogen) atoms. The van der Waals surface area contributed by atoms with E-state index < -0.39 is 5.69 Å². The van der Waals surface area contributed by atoms with Gasteiger partial charge in [0.1, 0.15) is 11.2 Å². The number of anilines is 1. The topological polar surface area (TPSA) is 73.1 Å². The molecule has 4 rings (SSSR count). The second-order valence-electron chi connectivity index (χ2n) is 6.96. The van der Waals surface area contributed by atoms with Crippen molar-refractivity contribution in [2.45, 2.75) is 20.4 Å². The molecule has 152 valence electrons. The third-order valence-corrected chi connectivity index (χ3v) is 6.38. The van der Waals surface area contributed by atoms with Crippen LogP contribution in [0.25, 0.3) is 15.9 Å². The number of nitrogens with one attached hydrogen (secondary N) is 1. The molecule has 0 atom stereocenters. The summed E-state index contributed by atoms with van der Waals surface area (Å²) in [6.45, 7) is 3.60. The van der Waals surface area contributed by atoms with Gasteiger partial charge in [-0.15, -0.1) is 11.3 Å². The van der Waals surface area contributed by atoms with Crippen LogP contribution in [-0.2, 0) is 11.3 Å². The van der Waals surface area contributed by atoms with Gasteiger partial charge in [0.2, 0.25) is 5.91 Å². The number of halogens is 1. The lowest BCUT2D eigenvalue weighted by Crippen LogP contribution is -2.40. The number of amides is 1. The molecule has 0 aliphatic rings. The third kappa shape index (κ3) is 3.64. The smallest absolute Gasteiger partial charge is 0.324 e. The van der Waals surface area contributed by atoms with E-state index in [1.165, 1.54) is 15.9 Å². The van der Waals surface area contributed by atoms with Gasteiger partial charge in [-0.05, 0) is 65.0 Å². The molecular weight excluding hydrogens is 466 g/mol. The van der Waals surface area contributed by atoms with Crippen molar-refractivity contribution in [1.29, 1.82) is 0 Å². The maximum atomic E-state index is 13.3. The van der Waals surface area contributed by atoms with E-state index in [-0.39, 0.29) is 18.0 Å². The van der Waals surface area contributed by atoms with E-state index in [2.05, 4.69) is 21.2 Å². The first-order valence-electron chi connectivity index (χ1n) is 9.22. The summed E-state index contributed by atoms with van der Waals surface area (Å²) in [6, 6.07) is 14.5. The zero-order valence-electron chi connectivity index (χ0n) is 16.3. The van der Waals surface area contributed by atoms with Crippen LogP contribution < -0.4 is 16.6 Å². The monoisotopic (exact) mass is 483 g/mol. The van der Waals surface area contributed by atoms with Crippen molar-refractivity contribution in [2.75, 3.05) is 5.32 Å². The Bertz CT molecular complexity index is 1400. The van der Waals surface area contributed by atoms with Crippen molar-refractivity contribution in [2.24, 2.45) is 0 Å². The maximum Gasteiger partial charge on any atom is 0.336 e. The average molecular weight is 484 g/mol. The molecule has 2 heterocycles. The average Bonchev–Trinajstić information content (AvgIpc) is 3.19. The SMILES string of the molecule is Cc1ccc(-n2c(=O)c3sccc3n(CC(=O)Nc3ccccc3Br)c2=O)c(C)c1. The lowest BCUT2D eigenvalue weighted by atomic mass is 10.1. The molecule has 0 fully saturated rings. The first kappa shape index (κ1) is 20.3. The van der Waals surface area contributed by atoms with Gasteiger partial charge in [0.05, 0.1) is 16.9 Å². The summed E-state index contributed by atoms with van der Waals surface area (Å²) in [5, 5.41) is 4.56. The van der Waals surface area contributed by atoms with E-state index in [0.717, 1.165) is 20.2 Å². The highest BCUT2D eigenvalue weighted by Gasteiger charge is 2.19. The van der Waals surface area contributed by atoms with E-state index in [1.54, 1.807) is 23.6 Å². The number of hydrogen-bond donors (Lipinski definition) is 1. The number of hydrogen-bond acceptors (Lipinski definition) is 4. The summed E-state index contributed by atoms with van der Waals surface area (Å²) >= 11 is 4.65. The second kappa shape index (κ2) is 8.04. The van der Waals surface area contributed by atoms with Crippen LogP contribution in [-0.4, -0.2) is 15.0 Å². The number of thiophene rings is 1. The van der Waals surface area contributed by atoms with Crippen LogP contribution >= 0.6 is 27.3 Å². The van der Waals surface area contributed by atoms with Gasteiger partial charge >= 0.3 is 5.69 Å². The number of carbonyl (C=O) groups excluding carboxylic acids is 1. The molecule has 0 aliphatic carbocycles. The Balaban J connectivity index is 1.83. The Morgan fingerprint density at radius 2 is 1.87 bits per heavy atom. The largest absolute Gasteiger partial charge is 0.336 e. The summed E-state index contributed by atoms with van der Waals surface area (Å²) in [4.78, 5) is 39.1. The molecule has 0 saturated carbocycles. The summed E-state index contributed by atoms with van der Waals surface area (Å²) < 4.78 is 3.67. The van der Waals surface area contributed by atoms with Crippen LogP contribution in [0, 0.1) is 13.8 Å². The second-order valence-corrected chi connectivity index (χ2v) is 8.73. The van der Waals surface area contributed by atoms with Gasteiger partial charge < -0.3 is 5.32 Å². The number of benzene rings is 2. The van der Waals surface area contributed by atoms with Crippen LogP contribution in [0.3, 0.4) is 0 Å². The van der Waals surface area contributed by atoms with Crippen LogP contribution in [0.4, 0.5) is 5.69 Å². The fraction of sp³-hybridized carbons (Fsp3) is 0.136. The Kier molecular flexibility index (Phi) is 5.44. The number of fused-ring (bicyclic) bond motifs is 1. The molecule has 4 aromatic rings. The highest BCUT2D eigenvalue weighted by Crippen LogP contribution is 2.22. The number of carbonyl (C=O) groups is 1. The zero-order valence-corrected chi connectivity index (χ0v) is 18.7. The lowest BCUT2D eigenvalue weighted by molar-refractivity contribution is -0.116. The van der Waals surface area contributed by atoms with Gasteiger partial charge in [-0.1, -0.05) is 29.8 Å². The van der Waals surface area contributed by atoms with Crippen molar-refractivity contribution in [3.8, 4) is 5.69 Å². The number of nitrogens with zero attached hydrogens (tertiary/aromatic N) is 2. The van der Waals surface area contributed by atoms with Crippen molar-refractivity contribution < 1.29 is 4.79 Å². The van der Waals surface area contributed by atoms with Gasteiger partial charge in [0.25, 0.3) is 5.56 Å². The Hall–Kier alpha value is -2.97. The molecule has 2 aromatic carbocycles. The molecular formula is C22H18BrN3O3S. The predicted molar refractivity (Wildman–Crippen MR) is 124 cm³/mol. The summed E-state index contributed by atoms with van der Waals surface area (Å²) in [5.74, 6) is -0.359. The molecule has 8 heteroatoms. The standard InChI is InChI=1S/C22H18BrN3O3S/c1-13-7-8-17(14(2)11-13)26-21(28)20-18(9-10-30-20)25(22(26)29)12-19(27)24-16-6-4-3-5-15(16)23/h3-11H,12H2,1-2H3,(H,24,27). The molecule has 1 N–H and O–H groups in total. The van der Waals surface area contributed by atoms with E-state index in [0.29, 0.717) is 21.6 Å². The fourth-order valence-corrected chi connectivity index (χ4v) is 4.61. The highest BCUT2D eigenvalue weighted by molar-refractivity contribution is 9.10. The minimum atomic E-state index is -0.542. The van der Waals surface area contributed by atoms with E-state index in [1.807, 2.05) is 44.2 Å². The molecule has 0 saturated heterocycles. The molecule has 0 aliphatic heterocycles. The van der Waals surface area contributed by atoms with Crippen LogP contribution in [0.1, 0.15) is 11.1 Å². The van der Waals surface area contributed by atoms with Gasteiger partial charge in [0, 0.05) is 4.47 Å².